The number of terminal acetylenes is 1. The first kappa shape index (κ1) is 143. The minimum Gasteiger partial charge on any atom is -1.00 e. The number of H-pyrrole nitrogens is 3. The number of carbonyl (C=O) groups is 3. The van der Waals surface area contributed by atoms with Gasteiger partial charge in [-0.3, -0.25) is 48.6 Å². The van der Waals surface area contributed by atoms with E-state index in [1.165, 1.54) is 54.9 Å². The van der Waals surface area contributed by atoms with E-state index in [9.17, 15) is 89.7 Å². The summed E-state index contributed by atoms with van der Waals surface area (Å²) >= 11 is 25.9. The number of hydrogen-bond donors (Lipinski definition) is 7. The molecule has 53 heteroatoms. The van der Waals surface area contributed by atoms with Crippen molar-refractivity contribution >= 4 is 178 Å². The number of aromatic amines is 3. The zero-order chi connectivity index (χ0) is 106. The molecule has 0 unspecified atom stereocenters. The number of nitrogens with zero attached hydrogens (tertiary/aromatic N) is 7. The molecule has 7 aromatic carbocycles. The van der Waals surface area contributed by atoms with Gasteiger partial charge in [0, 0.05) is 144 Å². The van der Waals surface area contributed by atoms with E-state index in [0.29, 0.717) is 120 Å². The predicted molar refractivity (Wildman–Crippen MR) is 521 cm³/mol. The van der Waals surface area contributed by atoms with Gasteiger partial charge in [0.1, 0.15) is 115 Å². The largest absolute Gasteiger partial charge is 1.00 e. The quantitative estimate of drug-likeness (QED) is 0.00710. The van der Waals surface area contributed by atoms with Crippen LogP contribution in [0.2, 0.25) is 44.4 Å². The maximum absolute atomic E-state index is 13.2. The van der Waals surface area contributed by atoms with Crippen LogP contribution in [0, 0.1) is 145 Å². The Morgan fingerprint density at radius 1 is 0.725 bits per heavy atom. The SMILES string of the molecule is C.C#C[Si](C)(C)C.CC(=O)O.CC(C)n1cnc2c(Cl)nc(-c3cncc(F)c3)nc21.CC[O-].C[N+](=O)[O-].Cc1c(F)cc(F)cc1Br.Cc1c(F)cc(F)cc1C#C[Si](C)(C)C.Fc1cc(F)c2[nH]ccc2c1.N.NCCc1c[nH]c2c(F)cc(F)cc12.Nc1c(F)cc(F)cc1Br.O=CC1=CCc2c(F)cc(F)cc21.O=CO[O-].O=P(Cl)(Cl)Cl.O=[N+]([O-])/C=C/c1c[nH]c2c(F)cc(F)cc12.[2H]CF.[H-].[K+].[K+].[Na+]. The van der Waals surface area contributed by atoms with Gasteiger partial charge < -0.3 is 58.9 Å². The Hall–Kier alpha value is -7.55. The van der Waals surface area contributed by atoms with Crippen molar-refractivity contribution in [3.63, 3.8) is 0 Å². The second-order valence-electron chi connectivity index (χ2n) is 28.8. The Morgan fingerprint density at radius 3 is 1.62 bits per heavy atom. The van der Waals surface area contributed by atoms with Crippen LogP contribution in [0.1, 0.15) is 82.9 Å². The number of alkyl halides is 1. The summed E-state index contributed by atoms with van der Waals surface area (Å²) in [4.78, 5) is 73.1. The maximum Gasteiger partial charge on any atom is 1.00 e. The fourth-order valence-electron chi connectivity index (χ4n) is 9.74. The number of carboxylic acids is 1. The maximum atomic E-state index is 13.2. The molecule has 11 N–H and O–H groups in total. The minimum absolute atomic E-state index is 0. The summed E-state index contributed by atoms with van der Waals surface area (Å²) in [5, 5.41) is 42.1. The number of rotatable bonds is 8. The number of benzene rings is 7. The van der Waals surface area contributed by atoms with Crippen LogP contribution < -0.4 is 160 Å². The number of allylic oxidation sites excluding steroid dienone is 2. The van der Waals surface area contributed by atoms with Crippen LogP contribution in [0.25, 0.3) is 66.9 Å². The van der Waals surface area contributed by atoms with E-state index in [-0.39, 0.29) is 193 Å². The molecule has 0 aliphatic heterocycles. The molecule has 0 spiro atoms. The Labute approximate surface area is 955 Å². The number of fused-ring (bicyclic) bond motifs is 5. The molecule has 1 aliphatic carbocycles. The smallest absolute Gasteiger partial charge is 1.00 e. The number of halogens is 22. The van der Waals surface area contributed by atoms with Crippen molar-refractivity contribution in [2.75, 3.05) is 33.1 Å². The molecular formula is C89H95Br2Cl4F16K2N13NaO12PSi2. The molecule has 14 rings (SSSR count). The molecule has 6 aromatic heterocycles. The summed E-state index contributed by atoms with van der Waals surface area (Å²) in [6.45, 7) is 22.9. The third kappa shape index (κ3) is 57.0. The van der Waals surface area contributed by atoms with Crippen molar-refractivity contribution in [1.82, 2.24) is 45.6 Å². The van der Waals surface area contributed by atoms with Crippen molar-refractivity contribution in [2.45, 2.75) is 107 Å². The standard InChI is InChI=1S/C13H11ClFN5.C12H14F2Si.C10H6F2N2O2.C10H10F2N2.C10H6F2O.C8H5F2N.C7H5BrF2.C6H4BrF2N.C5H10Si.C2H4O2.C2H5O.CH3F.CH3NO2.CH2O3.CH4.Cl3OP.2K.H3N.Na.H/c1-7(2)20-6-17-10-11(14)18-12(19-13(10)20)8-3-9(15)5-16-4-8;1-9-10(5-6-15(2,3)4)7-11(13)8-12(9)14;11-7-3-8-6(1-2-14(15)16)5-13-10(8)9(12)4-7;11-7-3-8-6(1-2-13)5-14-10(8)9(12)4-7;11-7-3-9-6(5-13)1-2-8(9)10(12)4-7;9-6-3-5-1-2-11-8(5)7(10)4-6;1-4-6(8)2-5(9)3-7(4)10;7-4-1-3(8)2-5(9)6(4)10;1-5-6(2,3)4;1-2(3)4;1-2-3;1-2;1-2(3)4;2-1-4-3;;1-5(2,3)4;;;;;/h3-7H,1-2H3;7-8H,1-4H3;1-5,13H;3-5,14H,1-2,13H2;1,3-5H,2H2;1-4,11H;2-3H,1H3;1-2H,10H2;1H,2-4H3;1H3,(H,3,4);2H2,1H3;1H3;1H3;1,3H;1H4;;;;1H3;;/q;;;;;;;;;;-1;;;;;;2*+1;;+1;-1/p-1/b;;2-1+;;;;;;;;;;;;;;;;;;/i;;;;;;;;;;;1D;;;;;;;;;. The third-order valence-corrected chi connectivity index (χ3v) is 19.0. The number of nitrogens with one attached hydrogen (secondary N) is 3. The van der Waals surface area contributed by atoms with Gasteiger partial charge in [-0.2, -0.15) is 0 Å². The number of aromatic nitrogens is 8. The fraction of sp³-hybridized carbons (Fsp3) is 0.225. The Balaban J connectivity index is -0.000000287. The van der Waals surface area contributed by atoms with E-state index in [2.05, 4.69) is 162 Å². The van der Waals surface area contributed by atoms with Crippen LogP contribution in [0.4, 0.5) is 75.9 Å². The van der Waals surface area contributed by atoms with Crippen LogP contribution in [0.5, 0.6) is 0 Å². The first-order valence-electron chi connectivity index (χ1n) is 38.9. The molecule has 0 atom stereocenters. The first-order valence-corrected chi connectivity index (χ1v) is 51.6. The van der Waals surface area contributed by atoms with Crippen molar-refractivity contribution in [3.05, 3.63) is 307 Å². The van der Waals surface area contributed by atoms with Crippen LogP contribution in [0.3, 0.4) is 0 Å². The summed E-state index contributed by atoms with van der Waals surface area (Å²) in [5.74, 6) is -6.55. The second kappa shape index (κ2) is 73.5. The van der Waals surface area contributed by atoms with Gasteiger partial charge in [0.15, 0.2) is 23.7 Å². The minimum atomic E-state index is -3.22. The van der Waals surface area contributed by atoms with E-state index in [0.717, 1.165) is 80.3 Å². The van der Waals surface area contributed by atoms with Gasteiger partial charge in [0.05, 0.1) is 48.2 Å². The van der Waals surface area contributed by atoms with Crippen LogP contribution in [-0.2, 0) is 36.7 Å². The molecule has 6 heterocycles. The van der Waals surface area contributed by atoms with Crippen molar-refractivity contribution < 1.29 is 255 Å². The van der Waals surface area contributed by atoms with E-state index >= 15 is 0 Å². The number of carbonyl (C=O) groups excluding carboxylic acids is 2. The Kier molecular flexibility index (Phi) is 74.0. The van der Waals surface area contributed by atoms with Gasteiger partial charge in [-0.15, -0.1) is 24.1 Å². The molecule has 25 nitrogen and oxygen atoms in total. The van der Waals surface area contributed by atoms with Gasteiger partial charge in [-0.25, -0.2) is 80.8 Å². The first-order chi connectivity index (χ1) is 64.1. The van der Waals surface area contributed by atoms with Crippen molar-refractivity contribution in [1.29, 1.82) is 0 Å². The molecule has 0 radical (unpaired) electrons. The number of carboxylic acid groups (broad SMARTS) is 1. The molecule has 0 bridgehead atoms. The number of anilines is 1. The Bertz CT molecular complexity index is 6370. The zero-order valence-electron chi connectivity index (χ0n) is 80.0. The van der Waals surface area contributed by atoms with E-state index in [1.54, 1.807) is 51.6 Å². The summed E-state index contributed by atoms with van der Waals surface area (Å²) in [5.41, 5.74) is 22.4. The molecule has 142 heavy (non-hydrogen) atoms. The van der Waals surface area contributed by atoms with Gasteiger partial charge >= 0.3 is 138 Å². The average Bonchev–Trinajstić information content (AvgIpc) is 1.63. The molecule has 758 valence electrons. The van der Waals surface area contributed by atoms with Gasteiger partial charge in [0.2, 0.25) is 6.20 Å². The normalized spacial score (nSPS) is 10.2. The topological polar surface area (TPSA) is 421 Å². The summed E-state index contributed by atoms with van der Waals surface area (Å²) in [6.07, 6.45) is 19.1. The summed E-state index contributed by atoms with van der Waals surface area (Å²) in [7, 11) is -2.72. The number of aldehydes is 1. The number of pyridine rings is 1. The fourth-order valence-corrected chi connectivity index (χ4v) is 11.3. The monoisotopic (exact) mass is 2330 g/mol. The summed E-state index contributed by atoms with van der Waals surface area (Å²) in [6, 6.07) is 17.5. The van der Waals surface area contributed by atoms with Gasteiger partial charge in [-0.1, -0.05) is 93.2 Å². The van der Waals surface area contributed by atoms with E-state index in [1.807, 2.05) is 18.4 Å². The average molecular weight is 2330 g/mol. The zero-order valence-corrected chi connectivity index (χ0v) is 95.3. The van der Waals surface area contributed by atoms with Crippen LogP contribution in [-0.4, -0.2) is 117 Å². The molecule has 0 fully saturated rings. The molecule has 13 aromatic rings. The molecular weight excluding hydrogens is 2240 g/mol. The van der Waals surface area contributed by atoms with Crippen molar-refractivity contribution in [3.8, 4) is 34.8 Å². The molecule has 0 saturated carbocycles. The van der Waals surface area contributed by atoms with Crippen LogP contribution >= 0.6 is 82.4 Å². The van der Waals surface area contributed by atoms with Crippen molar-refractivity contribution in [2.24, 2.45) is 5.73 Å². The number of nitrogen functional groups attached to an aromatic ring is 1. The number of imidazole rings is 1. The number of nitro groups is 2. The number of hydrogen-bond acceptors (Lipinski definition) is 18. The van der Waals surface area contributed by atoms with Gasteiger partial charge in [0.25, 0.3) is 12.4 Å². The summed E-state index contributed by atoms with van der Waals surface area (Å²) < 4.78 is 220. The predicted octanol–water partition coefficient (Wildman–Crippen LogP) is 15.9. The third-order valence-electron chi connectivity index (χ3n) is 15.6. The van der Waals surface area contributed by atoms with E-state index in [4.69, 9.17) is 66.0 Å². The van der Waals surface area contributed by atoms with Gasteiger partial charge in [-0.05, 0) is 174 Å². The van der Waals surface area contributed by atoms with Crippen LogP contribution in [0.15, 0.2) is 156 Å². The Morgan fingerprint density at radius 2 is 1.16 bits per heavy atom. The molecule has 0 amide bonds. The second-order valence-corrected chi connectivity index (χ2v) is 47.0. The molecule has 0 saturated heterocycles. The number of aliphatic carboxylic acids is 1. The molecule has 1 aliphatic rings. The van der Waals surface area contributed by atoms with E-state index < -0.39 is 132 Å². The number of nitrogens with two attached hydrogens (primary N) is 2.